The van der Waals surface area contributed by atoms with Crippen LogP contribution in [0, 0.1) is 0 Å². The van der Waals surface area contributed by atoms with Gasteiger partial charge in [0.1, 0.15) is 0 Å². The van der Waals surface area contributed by atoms with Crippen molar-refractivity contribution in [1.29, 1.82) is 0 Å². The summed E-state index contributed by atoms with van der Waals surface area (Å²) in [6, 6.07) is -0.565. The van der Waals surface area contributed by atoms with Gasteiger partial charge in [-0.1, -0.05) is 231 Å². The Balaban J connectivity index is 3.51. The van der Waals surface area contributed by atoms with Gasteiger partial charge in [0.2, 0.25) is 5.91 Å². The smallest absolute Gasteiger partial charge is 0.305 e. The zero-order valence-electron chi connectivity index (χ0n) is 39.0. The Morgan fingerprint density at radius 3 is 1.22 bits per heavy atom. The lowest BCUT2D eigenvalue weighted by molar-refractivity contribution is -0.143. The highest BCUT2D eigenvalue weighted by molar-refractivity contribution is 5.76. The van der Waals surface area contributed by atoms with E-state index < -0.39 is 12.1 Å². The van der Waals surface area contributed by atoms with Gasteiger partial charge in [0, 0.05) is 12.8 Å². The molecule has 0 aromatic carbocycles. The molecule has 3 N–H and O–H groups in total. The molecular formula is C52H101NO5. The molecule has 2 unspecified atom stereocenters. The number of carbonyl (C=O) groups excluding carboxylic acids is 2. The molecule has 0 aromatic heterocycles. The zero-order valence-corrected chi connectivity index (χ0v) is 39.0. The maximum atomic E-state index is 12.4. The predicted molar refractivity (Wildman–Crippen MR) is 250 cm³/mol. The molecule has 344 valence electrons. The lowest BCUT2D eigenvalue weighted by Gasteiger charge is -2.22. The molecular weight excluding hydrogens is 719 g/mol. The molecule has 0 spiro atoms. The highest BCUT2D eigenvalue weighted by Crippen LogP contribution is 2.17. The van der Waals surface area contributed by atoms with Gasteiger partial charge in [-0.3, -0.25) is 9.59 Å². The van der Waals surface area contributed by atoms with Crippen molar-refractivity contribution in [2.24, 2.45) is 0 Å². The number of ether oxygens (including phenoxy) is 1. The van der Waals surface area contributed by atoms with E-state index in [1.165, 1.54) is 173 Å². The summed E-state index contributed by atoms with van der Waals surface area (Å²) in [6.45, 7) is 4.88. The second kappa shape index (κ2) is 48.3. The number of rotatable bonds is 48. The van der Waals surface area contributed by atoms with E-state index in [-0.39, 0.29) is 18.5 Å². The van der Waals surface area contributed by atoms with Gasteiger partial charge in [0.05, 0.1) is 25.4 Å². The van der Waals surface area contributed by atoms with Crippen LogP contribution in [-0.2, 0) is 14.3 Å². The standard InChI is InChI=1S/C52H101NO5/c1-3-5-7-9-11-13-15-17-19-21-22-24-28-32-36-40-44-50(55)49(48-54)53-51(56)45-41-37-33-29-26-27-31-35-39-43-47-58-52(57)46-42-38-34-30-25-23-20-18-16-14-12-10-8-6-4-2/h27,31,49-50,54-55H,3-26,28-30,32-48H2,1-2H3,(H,53,56)/b31-27-. The molecule has 0 aromatic rings. The normalized spacial score (nSPS) is 12.7. The first kappa shape index (κ1) is 56.6. The molecule has 0 aliphatic heterocycles. The van der Waals surface area contributed by atoms with Crippen LogP contribution < -0.4 is 5.32 Å². The number of carbonyl (C=O) groups is 2. The van der Waals surface area contributed by atoms with Gasteiger partial charge in [0.25, 0.3) is 0 Å². The molecule has 0 radical (unpaired) electrons. The number of nitrogens with one attached hydrogen (secondary N) is 1. The van der Waals surface area contributed by atoms with Crippen LogP contribution in [0.3, 0.4) is 0 Å². The quantitative estimate of drug-likeness (QED) is 0.0323. The van der Waals surface area contributed by atoms with Crippen molar-refractivity contribution in [3.05, 3.63) is 12.2 Å². The Morgan fingerprint density at radius 2 is 0.810 bits per heavy atom. The molecule has 0 rings (SSSR count). The van der Waals surface area contributed by atoms with Crippen molar-refractivity contribution >= 4 is 11.9 Å². The number of aliphatic hydroxyl groups excluding tert-OH is 2. The van der Waals surface area contributed by atoms with Crippen LogP contribution >= 0.6 is 0 Å². The Labute approximate surface area is 361 Å². The number of hydrogen-bond donors (Lipinski definition) is 3. The molecule has 1 amide bonds. The second-order valence-electron chi connectivity index (χ2n) is 17.9. The van der Waals surface area contributed by atoms with E-state index >= 15 is 0 Å². The van der Waals surface area contributed by atoms with E-state index in [1.54, 1.807) is 0 Å². The van der Waals surface area contributed by atoms with Gasteiger partial charge >= 0.3 is 5.97 Å². The Morgan fingerprint density at radius 1 is 0.466 bits per heavy atom. The van der Waals surface area contributed by atoms with E-state index in [1.807, 2.05) is 0 Å². The minimum Gasteiger partial charge on any atom is -0.466 e. The molecule has 0 bridgehead atoms. The fourth-order valence-electron chi connectivity index (χ4n) is 8.05. The topological polar surface area (TPSA) is 95.9 Å². The summed E-state index contributed by atoms with van der Waals surface area (Å²) in [7, 11) is 0. The van der Waals surface area contributed by atoms with Gasteiger partial charge in [-0.15, -0.1) is 0 Å². The molecule has 0 aliphatic rings. The zero-order chi connectivity index (χ0) is 42.3. The Kier molecular flexibility index (Phi) is 47.1. The molecule has 0 saturated heterocycles. The van der Waals surface area contributed by atoms with Crippen LogP contribution in [0.15, 0.2) is 12.2 Å². The molecule has 6 heteroatoms. The number of amides is 1. The van der Waals surface area contributed by atoms with Gasteiger partial charge < -0.3 is 20.3 Å². The maximum absolute atomic E-state index is 12.4. The van der Waals surface area contributed by atoms with Crippen molar-refractivity contribution in [3.8, 4) is 0 Å². The summed E-state index contributed by atoms with van der Waals surface area (Å²) in [6.07, 6.45) is 54.7. The summed E-state index contributed by atoms with van der Waals surface area (Å²) in [5, 5.41) is 23.2. The van der Waals surface area contributed by atoms with E-state index in [4.69, 9.17) is 4.74 Å². The van der Waals surface area contributed by atoms with Crippen LogP contribution in [0.25, 0.3) is 0 Å². The minimum atomic E-state index is -0.684. The average Bonchev–Trinajstić information content (AvgIpc) is 3.22. The molecule has 6 nitrogen and oxygen atoms in total. The third-order valence-corrected chi connectivity index (χ3v) is 12.1. The Hall–Kier alpha value is -1.40. The third-order valence-electron chi connectivity index (χ3n) is 12.1. The molecule has 0 saturated carbocycles. The minimum absolute atomic E-state index is 0.0331. The largest absolute Gasteiger partial charge is 0.466 e. The van der Waals surface area contributed by atoms with Crippen molar-refractivity contribution in [2.45, 2.75) is 296 Å². The second-order valence-corrected chi connectivity index (χ2v) is 17.9. The van der Waals surface area contributed by atoms with Crippen molar-refractivity contribution < 1.29 is 24.5 Å². The van der Waals surface area contributed by atoms with Gasteiger partial charge in [-0.2, -0.15) is 0 Å². The van der Waals surface area contributed by atoms with Gasteiger partial charge in [-0.25, -0.2) is 0 Å². The number of aliphatic hydroxyl groups is 2. The van der Waals surface area contributed by atoms with Crippen LogP contribution in [0.4, 0.5) is 0 Å². The molecule has 0 heterocycles. The highest BCUT2D eigenvalue weighted by Gasteiger charge is 2.20. The predicted octanol–water partition coefficient (Wildman–Crippen LogP) is 15.3. The average molecular weight is 820 g/mol. The molecule has 0 aliphatic carbocycles. The fraction of sp³-hybridized carbons (Fsp3) is 0.923. The van der Waals surface area contributed by atoms with Crippen molar-refractivity contribution in [2.75, 3.05) is 13.2 Å². The lowest BCUT2D eigenvalue weighted by atomic mass is 10.0. The Bertz CT molecular complexity index is 863. The fourth-order valence-corrected chi connectivity index (χ4v) is 8.05. The first-order chi connectivity index (χ1) is 28.5. The number of allylic oxidation sites excluding steroid dienone is 2. The van der Waals surface area contributed by atoms with Crippen molar-refractivity contribution in [3.63, 3.8) is 0 Å². The lowest BCUT2D eigenvalue weighted by Crippen LogP contribution is -2.45. The van der Waals surface area contributed by atoms with Gasteiger partial charge in [-0.05, 0) is 51.4 Å². The SMILES string of the molecule is CCCCCCCCCCCCCCCCCCC(O)C(CO)NC(=O)CCCCCC/C=C\CCCCOC(=O)CCCCCCCCCCCCCCCCC. The molecule has 58 heavy (non-hydrogen) atoms. The number of esters is 1. The van der Waals surface area contributed by atoms with E-state index in [9.17, 15) is 19.8 Å². The molecule has 2 atom stereocenters. The van der Waals surface area contributed by atoms with Crippen LogP contribution in [0.2, 0.25) is 0 Å². The molecule has 0 fully saturated rings. The summed E-state index contributed by atoms with van der Waals surface area (Å²) >= 11 is 0. The van der Waals surface area contributed by atoms with Crippen molar-refractivity contribution in [1.82, 2.24) is 5.32 Å². The maximum Gasteiger partial charge on any atom is 0.305 e. The number of hydrogen-bond acceptors (Lipinski definition) is 5. The van der Waals surface area contributed by atoms with Gasteiger partial charge in [0.15, 0.2) is 0 Å². The summed E-state index contributed by atoms with van der Waals surface area (Å²) in [5.74, 6) is -0.102. The first-order valence-electron chi connectivity index (χ1n) is 25.9. The monoisotopic (exact) mass is 820 g/mol. The van der Waals surface area contributed by atoms with Crippen LogP contribution in [0.1, 0.15) is 284 Å². The van der Waals surface area contributed by atoms with E-state index in [2.05, 4.69) is 31.3 Å². The van der Waals surface area contributed by atoms with Crippen LogP contribution in [0.5, 0.6) is 0 Å². The summed E-state index contributed by atoms with van der Waals surface area (Å²) in [5.41, 5.74) is 0. The summed E-state index contributed by atoms with van der Waals surface area (Å²) < 4.78 is 5.44. The van der Waals surface area contributed by atoms with E-state index in [0.29, 0.717) is 25.9 Å². The number of unbranched alkanes of at least 4 members (excludes halogenated alkanes) is 35. The summed E-state index contributed by atoms with van der Waals surface area (Å²) in [4.78, 5) is 24.5. The van der Waals surface area contributed by atoms with E-state index in [0.717, 1.165) is 77.0 Å². The van der Waals surface area contributed by atoms with Crippen LogP contribution in [-0.4, -0.2) is 47.4 Å². The first-order valence-corrected chi connectivity index (χ1v) is 25.9. The highest BCUT2D eigenvalue weighted by atomic mass is 16.5. The third kappa shape index (κ3) is 44.2.